The van der Waals surface area contributed by atoms with E-state index in [1.54, 1.807) is 7.11 Å². The monoisotopic (exact) mass is 235 g/mol. The Morgan fingerprint density at radius 3 is 2.47 bits per heavy atom. The second-order valence-electron chi connectivity index (χ2n) is 5.57. The molecule has 1 aromatic rings. The summed E-state index contributed by atoms with van der Waals surface area (Å²) in [6.45, 7) is 10.5. The number of aryl methyl sites for hydroxylation is 1. The summed E-state index contributed by atoms with van der Waals surface area (Å²) in [5.41, 5.74) is 4.44. The third-order valence-electron chi connectivity index (χ3n) is 3.03. The minimum absolute atomic E-state index is 0.234. The van der Waals surface area contributed by atoms with Gasteiger partial charge in [-0.15, -0.1) is 0 Å². The highest BCUT2D eigenvalue weighted by atomic mass is 16.5. The first-order chi connectivity index (χ1) is 7.95. The molecule has 0 unspecified atom stereocenters. The van der Waals surface area contributed by atoms with Crippen molar-refractivity contribution in [3.8, 4) is 0 Å². The molecular formula is C15H25NO. The van der Waals surface area contributed by atoms with E-state index in [2.05, 4.69) is 51.2 Å². The van der Waals surface area contributed by atoms with Crippen LogP contribution in [0.15, 0.2) is 18.2 Å². The van der Waals surface area contributed by atoms with Crippen LogP contribution in [0.4, 0.5) is 0 Å². The summed E-state index contributed by atoms with van der Waals surface area (Å²) in [6.07, 6.45) is 1.06. The summed E-state index contributed by atoms with van der Waals surface area (Å²) in [5.74, 6) is 0. The first kappa shape index (κ1) is 14.2. The molecule has 0 atom stereocenters. The fraction of sp³-hybridized carbons (Fsp3) is 0.600. The molecule has 0 bridgehead atoms. The van der Waals surface area contributed by atoms with Gasteiger partial charge >= 0.3 is 0 Å². The predicted molar refractivity (Wildman–Crippen MR) is 73.5 cm³/mol. The van der Waals surface area contributed by atoms with Crippen molar-refractivity contribution in [3.05, 3.63) is 34.9 Å². The highest BCUT2D eigenvalue weighted by molar-refractivity contribution is 5.34. The van der Waals surface area contributed by atoms with Gasteiger partial charge in [-0.1, -0.05) is 39.0 Å². The Kier molecular flexibility index (Phi) is 5.16. The summed E-state index contributed by atoms with van der Waals surface area (Å²) in [4.78, 5) is 0. The van der Waals surface area contributed by atoms with Crippen LogP contribution in [0.5, 0.6) is 0 Å². The standard InChI is InChI=1S/C15H25NO/c1-12-10-14(15(2,3)4)7-6-13(12)8-9-16-11-17-5/h6-7,10,16H,8-9,11H2,1-5H3. The molecule has 1 N–H and O–H groups in total. The molecule has 2 nitrogen and oxygen atoms in total. The zero-order chi connectivity index (χ0) is 12.9. The topological polar surface area (TPSA) is 21.3 Å². The van der Waals surface area contributed by atoms with Gasteiger partial charge in [0.2, 0.25) is 0 Å². The van der Waals surface area contributed by atoms with Crippen LogP contribution in [0.1, 0.15) is 37.5 Å². The molecule has 0 radical (unpaired) electrons. The van der Waals surface area contributed by atoms with Crippen LogP contribution in [0.3, 0.4) is 0 Å². The van der Waals surface area contributed by atoms with Gasteiger partial charge in [0, 0.05) is 13.7 Å². The minimum atomic E-state index is 0.234. The average molecular weight is 235 g/mol. The molecule has 0 saturated heterocycles. The van der Waals surface area contributed by atoms with Crippen LogP contribution < -0.4 is 5.32 Å². The SMILES string of the molecule is COCNCCc1ccc(C(C)(C)C)cc1C. The van der Waals surface area contributed by atoms with E-state index >= 15 is 0 Å². The maximum Gasteiger partial charge on any atom is 0.0961 e. The Hall–Kier alpha value is -0.860. The van der Waals surface area contributed by atoms with E-state index in [9.17, 15) is 0 Å². The third kappa shape index (κ3) is 4.49. The second-order valence-corrected chi connectivity index (χ2v) is 5.57. The molecule has 17 heavy (non-hydrogen) atoms. The van der Waals surface area contributed by atoms with Crippen molar-refractivity contribution in [2.24, 2.45) is 0 Å². The van der Waals surface area contributed by atoms with Gasteiger partial charge in [0.25, 0.3) is 0 Å². The lowest BCUT2D eigenvalue weighted by atomic mass is 9.85. The molecule has 0 aliphatic rings. The molecule has 0 spiro atoms. The Morgan fingerprint density at radius 2 is 1.94 bits per heavy atom. The quantitative estimate of drug-likeness (QED) is 0.625. The number of hydrogen-bond acceptors (Lipinski definition) is 2. The van der Waals surface area contributed by atoms with E-state index in [-0.39, 0.29) is 5.41 Å². The van der Waals surface area contributed by atoms with Gasteiger partial charge in [-0.3, -0.25) is 5.32 Å². The molecular weight excluding hydrogens is 210 g/mol. The maximum absolute atomic E-state index is 4.96. The fourth-order valence-electron chi connectivity index (χ4n) is 1.84. The van der Waals surface area contributed by atoms with Crippen LogP contribution in [0.2, 0.25) is 0 Å². The molecule has 1 rings (SSSR count). The normalized spacial score (nSPS) is 11.8. The number of hydrogen-bond donors (Lipinski definition) is 1. The van der Waals surface area contributed by atoms with E-state index in [4.69, 9.17) is 4.74 Å². The van der Waals surface area contributed by atoms with Gasteiger partial charge in [0.1, 0.15) is 0 Å². The summed E-state index contributed by atoms with van der Waals surface area (Å²) in [5, 5.41) is 3.23. The van der Waals surface area contributed by atoms with Gasteiger partial charge < -0.3 is 4.74 Å². The minimum Gasteiger partial charge on any atom is -0.370 e. The van der Waals surface area contributed by atoms with E-state index in [1.165, 1.54) is 16.7 Å². The summed E-state index contributed by atoms with van der Waals surface area (Å²) in [6, 6.07) is 6.81. The molecule has 96 valence electrons. The number of nitrogens with one attached hydrogen (secondary N) is 1. The smallest absolute Gasteiger partial charge is 0.0961 e. The Balaban J connectivity index is 2.64. The molecule has 0 aromatic heterocycles. The lowest BCUT2D eigenvalue weighted by Crippen LogP contribution is -2.20. The van der Waals surface area contributed by atoms with Crippen LogP contribution in [-0.2, 0) is 16.6 Å². The van der Waals surface area contributed by atoms with Crippen molar-refractivity contribution < 1.29 is 4.74 Å². The molecule has 0 aliphatic heterocycles. The lowest BCUT2D eigenvalue weighted by molar-refractivity contribution is 0.176. The van der Waals surface area contributed by atoms with Crippen LogP contribution in [0.25, 0.3) is 0 Å². The molecule has 0 saturated carbocycles. The number of benzene rings is 1. The molecule has 0 aliphatic carbocycles. The predicted octanol–water partition coefficient (Wildman–Crippen LogP) is 3.03. The van der Waals surface area contributed by atoms with E-state index < -0.39 is 0 Å². The van der Waals surface area contributed by atoms with Gasteiger partial charge in [-0.25, -0.2) is 0 Å². The van der Waals surface area contributed by atoms with Crippen molar-refractivity contribution in [2.45, 2.75) is 39.5 Å². The zero-order valence-corrected chi connectivity index (χ0v) is 11.8. The van der Waals surface area contributed by atoms with Crippen molar-refractivity contribution in [1.82, 2.24) is 5.32 Å². The molecule has 2 heteroatoms. The van der Waals surface area contributed by atoms with Crippen molar-refractivity contribution in [1.29, 1.82) is 0 Å². The Labute approximate surface area is 105 Å². The van der Waals surface area contributed by atoms with Crippen molar-refractivity contribution in [2.75, 3.05) is 20.4 Å². The fourth-order valence-corrected chi connectivity index (χ4v) is 1.84. The number of methoxy groups -OCH3 is 1. The maximum atomic E-state index is 4.96. The van der Waals surface area contributed by atoms with Crippen LogP contribution >= 0.6 is 0 Å². The zero-order valence-electron chi connectivity index (χ0n) is 11.8. The van der Waals surface area contributed by atoms with Crippen LogP contribution in [0, 0.1) is 6.92 Å². The molecule has 1 aromatic carbocycles. The first-order valence-corrected chi connectivity index (χ1v) is 6.25. The summed E-state index contributed by atoms with van der Waals surface area (Å²) in [7, 11) is 1.70. The summed E-state index contributed by atoms with van der Waals surface area (Å²) < 4.78 is 4.96. The van der Waals surface area contributed by atoms with Crippen molar-refractivity contribution >= 4 is 0 Å². The molecule has 0 fully saturated rings. The Bertz CT molecular complexity index is 352. The van der Waals surface area contributed by atoms with Gasteiger partial charge in [0.15, 0.2) is 0 Å². The first-order valence-electron chi connectivity index (χ1n) is 6.25. The van der Waals surface area contributed by atoms with Gasteiger partial charge in [-0.2, -0.15) is 0 Å². The second kappa shape index (κ2) is 6.18. The van der Waals surface area contributed by atoms with E-state index in [0.29, 0.717) is 6.73 Å². The van der Waals surface area contributed by atoms with E-state index in [1.807, 2.05) is 0 Å². The third-order valence-corrected chi connectivity index (χ3v) is 3.03. The number of ether oxygens (including phenoxy) is 1. The Morgan fingerprint density at radius 1 is 1.24 bits per heavy atom. The lowest BCUT2D eigenvalue weighted by Gasteiger charge is -2.20. The van der Waals surface area contributed by atoms with Gasteiger partial charge in [-0.05, 0) is 35.4 Å². The molecule has 0 heterocycles. The highest BCUT2D eigenvalue weighted by Crippen LogP contribution is 2.24. The van der Waals surface area contributed by atoms with Crippen molar-refractivity contribution in [3.63, 3.8) is 0 Å². The summed E-state index contributed by atoms with van der Waals surface area (Å²) >= 11 is 0. The number of rotatable bonds is 5. The largest absolute Gasteiger partial charge is 0.370 e. The van der Waals surface area contributed by atoms with Gasteiger partial charge in [0.05, 0.1) is 6.73 Å². The highest BCUT2D eigenvalue weighted by Gasteiger charge is 2.14. The average Bonchev–Trinajstić information content (AvgIpc) is 2.24. The van der Waals surface area contributed by atoms with E-state index in [0.717, 1.165) is 13.0 Å². The molecule has 0 amide bonds. The van der Waals surface area contributed by atoms with Crippen LogP contribution in [-0.4, -0.2) is 20.4 Å².